The number of carbonyl (C=O) groups excluding carboxylic acids is 3. The highest BCUT2D eigenvalue weighted by molar-refractivity contribution is 6.07. The van der Waals surface area contributed by atoms with Gasteiger partial charge in [0.05, 0.1) is 6.54 Å². The molecule has 2 fully saturated rings. The molecule has 2 aromatic carbocycles. The summed E-state index contributed by atoms with van der Waals surface area (Å²) in [5.41, 5.74) is 0.632. The van der Waals surface area contributed by atoms with Crippen LogP contribution in [0.3, 0.4) is 0 Å². The molecular formula is C21H23N3O3. The van der Waals surface area contributed by atoms with Gasteiger partial charge in [-0.3, -0.25) is 14.4 Å². The number of hydrogen-bond acceptors (Lipinski definition) is 3. The number of piperazine rings is 2. The molecule has 0 saturated carbocycles. The van der Waals surface area contributed by atoms with Crippen molar-refractivity contribution in [2.45, 2.75) is 31.8 Å². The van der Waals surface area contributed by atoms with E-state index in [0.29, 0.717) is 25.1 Å². The van der Waals surface area contributed by atoms with Crippen LogP contribution in [0.1, 0.15) is 30.1 Å². The van der Waals surface area contributed by atoms with E-state index in [-0.39, 0.29) is 24.3 Å². The number of amides is 3. The predicted molar refractivity (Wildman–Crippen MR) is 102 cm³/mol. The van der Waals surface area contributed by atoms with Gasteiger partial charge in [-0.15, -0.1) is 0 Å². The van der Waals surface area contributed by atoms with Gasteiger partial charge in [0.1, 0.15) is 12.1 Å². The van der Waals surface area contributed by atoms with E-state index in [1.54, 1.807) is 9.80 Å². The lowest BCUT2D eigenvalue weighted by Crippen LogP contribution is -2.69. The SMILES string of the molecule is CCC[C@@H]1NC(=O)[C@H]2CN(C(=O)c3cccc4ccccc34)CCN2C1=O. The summed E-state index contributed by atoms with van der Waals surface area (Å²) in [7, 11) is 0. The number of rotatable bonds is 3. The third-order valence-corrected chi connectivity index (χ3v) is 5.47. The molecular weight excluding hydrogens is 342 g/mol. The summed E-state index contributed by atoms with van der Waals surface area (Å²) in [6, 6.07) is 12.4. The minimum atomic E-state index is -0.599. The third-order valence-electron chi connectivity index (χ3n) is 5.47. The second kappa shape index (κ2) is 7.02. The summed E-state index contributed by atoms with van der Waals surface area (Å²) in [4.78, 5) is 41.6. The summed E-state index contributed by atoms with van der Waals surface area (Å²) < 4.78 is 0. The summed E-state index contributed by atoms with van der Waals surface area (Å²) in [5, 5.41) is 4.74. The van der Waals surface area contributed by atoms with Gasteiger partial charge in [-0.05, 0) is 23.3 Å². The lowest BCUT2D eigenvalue weighted by molar-refractivity contribution is -0.152. The third kappa shape index (κ3) is 3.05. The largest absolute Gasteiger partial charge is 0.342 e. The Bertz CT molecular complexity index is 905. The lowest BCUT2D eigenvalue weighted by Gasteiger charge is -2.45. The zero-order chi connectivity index (χ0) is 19.0. The van der Waals surface area contributed by atoms with Crippen LogP contribution in [0.15, 0.2) is 42.5 Å². The Morgan fingerprint density at radius 2 is 1.89 bits per heavy atom. The quantitative estimate of drug-likeness (QED) is 0.902. The fraction of sp³-hybridized carbons (Fsp3) is 0.381. The van der Waals surface area contributed by atoms with Crippen LogP contribution in [0.25, 0.3) is 10.8 Å². The second-order valence-electron chi connectivity index (χ2n) is 7.18. The Morgan fingerprint density at radius 3 is 2.70 bits per heavy atom. The van der Waals surface area contributed by atoms with Crippen molar-refractivity contribution in [2.24, 2.45) is 0 Å². The Labute approximate surface area is 158 Å². The molecule has 2 saturated heterocycles. The standard InChI is InChI=1S/C21H23N3O3/c1-2-6-17-21(27)24-12-11-23(13-18(24)19(25)22-17)20(26)16-10-5-8-14-7-3-4-9-15(14)16/h3-5,7-10,17-18H,2,6,11-13H2,1H3,(H,22,25)/t17-,18+/m0/s1. The first-order chi connectivity index (χ1) is 13.1. The molecule has 0 spiro atoms. The molecule has 2 aromatic rings. The number of benzene rings is 2. The van der Waals surface area contributed by atoms with Crippen molar-refractivity contribution in [1.82, 2.24) is 15.1 Å². The zero-order valence-electron chi connectivity index (χ0n) is 15.4. The van der Waals surface area contributed by atoms with E-state index >= 15 is 0 Å². The average molecular weight is 365 g/mol. The van der Waals surface area contributed by atoms with Crippen molar-refractivity contribution in [3.8, 4) is 0 Å². The first-order valence-corrected chi connectivity index (χ1v) is 9.48. The maximum absolute atomic E-state index is 13.1. The van der Waals surface area contributed by atoms with Gasteiger partial charge >= 0.3 is 0 Å². The van der Waals surface area contributed by atoms with Crippen LogP contribution in [0.2, 0.25) is 0 Å². The molecule has 0 radical (unpaired) electrons. The minimum Gasteiger partial charge on any atom is -0.342 e. The molecule has 3 amide bonds. The molecule has 0 aromatic heterocycles. The fourth-order valence-electron chi connectivity index (χ4n) is 4.05. The maximum Gasteiger partial charge on any atom is 0.254 e. The highest BCUT2D eigenvalue weighted by atomic mass is 16.2. The maximum atomic E-state index is 13.1. The summed E-state index contributed by atoms with van der Waals surface area (Å²) in [6.45, 7) is 3.06. The van der Waals surface area contributed by atoms with Gasteiger partial charge in [0.25, 0.3) is 5.91 Å². The van der Waals surface area contributed by atoms with Gasteiger partial charge in [0.15, 0.2) is 0 Å². The molecule has 140 valence electrons. The second-order valence-corrected chi connectivity index (χ2v) is 7.18. The van der Waals surface area contributed by atoms with Crippen LogP contribution in [-0.2, 0) is 9.59 Å². The van der Waals surface area contributed by atoms with Crippen molar-refractivity contribution >= 4 is 28.5 Å². The molecule has 0 unspecified atom stereocenters. The highest BCUT2D eigenvalue weighted by Crippen LogP contribution is 2.23. The van der Waals surface area contributed by atoms with Crippen LogP contribution in [0.4, 0.5) is 0 Å². The van der Waals surface area contributed by atoms with Crippen LogP contribution in [0, 0.1) is 0 Å². The molecule has 6 heteroatoms. The van der Waals surface area contributed by atoms with Crippen molar-refractivity contribution in [3.05, 3.63) is 48.0 Å². The molecule has 2 atom stereocenters. The number of nitrogens with one attached hydrogen (secondary N) is 1. The molecule has 2 aliphatic rings. The van der Waals surface area contributed by atoms with Crippen molar-refractivity contribution in [1.29, 1.82) is 0 Å². The molecule has 1 N–H and O–H groups in total. The molecule has 0 bridgehead atoms. The van der Waals surface area contributed by atoms with Crippen LogP contribution in [-0.4, -0.2) is 59.2 Å². The fourth-order valence-corrected chi connectivity index (χ4v) is 4.05. The van der Waals surface area contributed by atoms with E-state index in [1.807, 2.05) is 49.4 Å². The van der Waals surface area contributed by atoms with Crippen LogP contribution >= 0.6 is 0 Å². The first kappa shape index (κ1) is 17.5. The van der Waals surface area contributed by atoms with E-state index in [4.69, 9.17) is 0 Å². The Kier molecular flexibility index (Phi) is 4.56. The van der Waals surface area contributed by atoms with E-state index in [9.17, 15) is 14.4 Å². The molecule has 2 aliphatic heterocycles. The monoisotopic (exact) mass is 365 g/mol. The number of nitrogens with zero attached hydrogens (tertiary/aromatic N) is 2. The van der Waals surface area contributed by atoms with Crippen molar-refractivity contribution in [3.63, 3.8) is 0 Å². The topological polar surface area (TPSA) is 69.7 Å². The van der Waals surface area contributed by atoms with Crippen LogP contribution in [0.5, 0.6) is 0 Å². The number of carbonyl (C=O) groups is 3. The van der Waals surface area contributed by atoms with E-state index in [2.05, 4.69) is 5.32 Å². The smallest absolute Gasteiger partial charge is 0.254 e. The molecule has 4 rings (SSSR count). The molecule has 2 heterocycles. The number of fused-ring (bicyclic) bond motifs is 2. The van der Waals surface area contributed by atoms with Crippen LogP contribution < -0.4 is 5.32 Å². The normalized spacial score (nSPS) is 22.6. The van der Waals surface area contributed by atoms with E-state index in [0.717, 1.165) is 17.2 Å². The Balaban J connectivity index is 1.56. The van der Waals surface area contributed by atoms with Gasteiger partial charge in [-0.25, -0.2) is 0 Å². The van der Waals surface area contributed by atoms with Gasteiger partial charge in [-0.1, -0.05) is 49.7 Å². The Morgan fingerprint density at radius 1 is 1.11 bits per heavy atom. The molecule has 27 heavy (non-hydrogen) atoms. The van der Waals surface area contributed by atoms with Gasteiger partial charge in [-0.2, -0.15) is 0 Å². The van der Waals surface area contributed by atoms with E-state index < -0.39 is 12.1 Å². The molecule has 0 aliphatic carbocycles. The lowest BCUT2D eigenvalue weighted by atomic mass is 9.99. The highest BCUT2D eigenvalue weighted by Gasteiger charge is 2.44. The zero-order valence-corrected chi connectivity index (χ0v) is 15.4. The Hall–Kier alpha value is -2.89. The first-order valence-electron chi connectivity index (χ1n) is 9.48. The minimum absolute atomic E-state index is 0.0290. The van der Waals surface area contributed by atoms with Crippen molar-refractivity contribution in [2.75, 3.05) is 19.6 Å². The summed E-state index contributed by atoms with van der Waals surface area (Å²) >= 11 is 0. The summed E-state index contributed by atoms with van der Waals surface area (Å²) in [6.07, 6.45) is 1.48. The van der Waals surface area contributed by atoms with Gasteiger partial charge in [0, 0.05) is 18.7 Å². The average Bonchev–Trinajstić information content (AvgIpc) is 2.70. The predicted octanol–water partition coefficient (Wildman–Crippen LogP) is 1.79. The van der Waals surface area contributed by atoms with Crippen molar-refractivity contribution < 1.29 is 14.4 Å². The summed E-state index contributed by atoms with van der Waals surface area (Å²) in [5.74, 6) is -0.287. The number of hydrogen-bond donors (Lipinski definition) is 1. The van der Waals surface area contributed by atoms with Gasteiger partial charge in [0.2, 0.25) is 11.8 Å². The van der Waals surface area contributed by atoms with Gasteiger partial charge < -0.3 is 15.1 Å². The molecule has 6 nitrogen and oxygen atoms in total. The van der Waals surface area contributed by atoms with E-state index in [1.165, 1.54) is 0 Å².